The summed E-state index contributed by atoms with van der Waals surface area (Å²) >= 11 is 1.59. The van der Waals surface area contributed by atoms with Crippen molar-refractivity contribution in [2.75, 3.05) is 0 Å². The van der Waals surface area contributed by atoms with Gasteiger partial charge in [0.15, 0.2) is 5.82 Å². The molecule has 28 heavy (non-hydrogen) atoms. The van der Waals surface area contributed by atoms with Crippen molar-refractivity contribution in [1.82, 2.24) is 30.8 Å². The molecule has 3 unspecified atom stereocenters. The van der Waals surface area contributed by atoms with Gasteiger partial charge in [-0.25, -0.2) is 5.10 Å². The Morgan fingerprint density at radius 1 is 1.39 bits per heavy atom. The topological polar surface area (TPSA) is 150 Å². The number of nitrogens with zero attached hydrogens (tertiary/aromatic N) is 4. The van der Waals surface area contributed by atoms with Crippen molar-refractivity contribution in [3.05, 3.63) is 35.7 Å². The Balaban J connectivity index is 0.00000225. The van der Waals surface area contributed by atoms with Crippen molar-refractivity contribution >= 4 is 61.3 Å². The van der Waals surface area contributed by atoms with Crippen LogP contribution in [0.2, 0.25) is 0 Å². The number of rotatable bonds is 4. The Labute approximate surface area is 195 Å². The fourth-order valence-corrected chi connectivity index (χ4v) is 5.18. The molecule has 0 saturated carbocycles. The van der Waals surface area contributed by atoms with Crippen LogP contribution in [0.4, 0.5) is 0 Å². The number of fused-ring (bicyclic) bond motifs is 1. The number of carbonyl (C=O) groups is 2. The summed E-state index contributed by atoms with van der Waals surface area (Å²) in [7, 11) is 0. The molecule has 5 N–H and O–H groups in total. The number of nitrogens with one attached hydrogen (secondary N) is 2. The van der Waals surface area contributed by atoms with Crippen molar-refractivity contribution in [3.63, 3.8) is 0 Å². The summed E-state index contributed by atoms with van der Waals surface area (Å²) in [6, 6.07) is 4.21. The second kappa shape index (κ2) is 7.79. The van der Waals surface area contributed by atoms with Gasteiger partial charge in [-0.2, -0.15) is 0 Å². The minimum absolute atomic E-state index is 0. The number of phenolic OH excluding ortho intramolecular Hbond substituents is 1. The predicted octanol–water partition coefficient (Wildman–Crippen LogP) is -1.09. The molecule has 2 aliphatic rings. The van der Waals surface area contributed by atoms with Crippen LogP contribution in [0.1, 0.15) is 37.3 Å². The second-order valence-electron chi connectivity index (χ2n) is 7.10. The van der Waals surface area contributed by atoms with Crippen LogP contribution in [0.3, 0.4) is 0 Å². The van der Waals surface area contributed by atoms with Gasteiger partial charge >= 0.3 is 37.7 Å². The third-order valence-electron chi connectivity index (χ3n) is 4.89. The molecule has 0 spiro atoms. The molecule has 3 heterocycles. The van der Waals surface area contributed by atoms with Crippen molar-refractivity contribution in [2.45, 2.75) is 42.1 Å². The number of aromatic hydroxyl groups is 1. The molecule has 2 amide bonds. The molecule has 4 rings (SSSR count). The normalized spacial score (nSPS) is 26.0. The number of benzene rings is 1. The maximum atomic E-state index is 12.7. The van der Waals surface area contributed by atoms with E-state index in [0.29, 0.717) is 11.4 Å². The molecule has 4 atom stereocenters. The molecular formula is C16H21CaN7O3S. The summed E-state index contributed by atoms with van der Waals surface area (Å²) in [6.45, 7) is 4.02. The van der Waals surface area contributed by atoms with E-state index in [4.69, 9.17) is 5.73 Å². The minimum atomic E-state index is -0.930. The van der Waals surface area contributed by atoms with E-state index in [1.807, 2.05) is 13.8 Å². The first-order valence-electron chi connectivity index (χ1n) is 8.38. The Morgan fingerprint density at radius 3 is 2.68 bits per heavy atom. The Hall–Kier alpha value is -1.40. The molecule has 0 bridgehead atoms. The zero-order valence-corrected chi connectivity index (χ0v) is 15.5. The van der Waals surface area contributed by atoms with Crippen molar-refractivity contribution in [1.29, 1.82) is 0 Å². The van der Waals surface area contributed by atoms with Crippen LogP contribution in [-0.2, 0) is 9.59 Å². The van der Waals surface area contributed by atoms with E-state index >= 15 is 0 Å². The van der Waals surface area contributed by atoms with Gasteiger partial charge in [0.25, 0.3) is 0 Å². The first-order chi connectivity index (χ1) is 12.8. The number of phenols is 1. The summed E-state index contributed by atoms with van der Waals surface area (Å²) in [5.41, 5.74) is 6.55. The summed E-state index contributed by atoms with van der Waals surface area (Å²) in [4.78, 5) is 26.9. The number of hydrogen-bond acceptors (Lipinski definition) is 8. The number of hydrogen-bond donors (Lipinski definition) is 4. The van der Waals surface area contributed by atoms with Crippen LogP contribution in [0.15, 0.2) is 24.3 Å². The van der Waals surface area contributed by atoms with E-state index in [1.165, 1.54) is 12.1 Å². The van der Waals surface area contributed by atoms with Gasteiger partial charge in [-0.3, -0.25) is 9.59 Å². The maximum absolute atomic E-state index is 12.7. The van der Waals surface area contributed by atoms with Crippen molar-refractivity contribution in [3.8, 4) is 5.75 Å². The molecule has 12 heteroatoms. The van der Waals surface area contributed by atoms with Gasteiger partial charge in [-0.1, -0.05) is 12.1 Å². The fourth-order valence-electron chi connectivity index (χ4n) is 3.55. The Morgan fingerprint density at radius 2 is 2.07 bits per heavy atom. The van der Waals surface area contributed by atoms with E-state index in [0.717, 1.165) is 0 Å². The van der Waals surface area contributed by atoms with Crippen molar-refractivity contribution in [2.24, 2.45) is 5.73 Å². The third-order valence-corrected chi connectivity index (χ3v) is 6.47. The van der Waals surface area contributed by atoms with Crippen LogP contribution >= 0.6 is 11.8 Å². The standard InChI is InChI=1S/C16H19N7O3S.Ca.2H/c1-16(2)11(12-19-21-22-20-12)23-14(26)10(15(23)27-16)18-13(25)9(17)7-3-5-8(24)6-4-7;;;/h3-6,9-11,15,24H,17H2,1-2H3,(H,18,25)(H,19,20,21,22);;;/t9?,10?,11?,15-;;;/m1.../s1. The van der Waals surface area contributed by atoms with Gasteiger partial charge in [-0.05, 0) is 42.0 Å². The number of carbonyl (C=O) groups excluding carboxylic acids is 2. The van der Waals surface area contributed by atoms with Gasteiger partial charge in [0.05, 0.1) is 0 Å². The average Bonchev–Trinajstić information content (AvgIpc) is 3.23. The molecule has 2 fully saturated rings. The SMILES string of the molecule is CC1(C)S[C@@H]2C(NC(=O)C(N)c3ccc(O)cc3)C(=O)N2C1c1nnn[nH]1.[CaH2]. The predicted molar refractivity (Wildman–Crippen MR) is 105 cm³/mol. The summed E-state index contributed by atoms with van der Waals surface area (Å²) in [6.07, 6.45) is 0. The van der Waals surface area contributed by atoms with Crippen LogP contribution in [0.5, 0.6) is 5.75 Å². The number of aromatic amines is 1. The molecule has 0 radical (unpaired) electrons. The van der Waals surface area contributed by atoms with Crippen LogP contribution < -0.4 is 11.1 Å². The Bertz CT molecular complexity index is 877. The van der Waals surface area contributed by atoms with Gasteiger partial charge in [0.2, 0.25) is 11.8 Å². The molecule has 1 aromatic heterocycles. The van der Waals surface area contributed by atoms with E-state index in [-0.39, 0.29) is 65.6 Å². The van der Waals surface area contributed by atoms with Crippen molar-refractivity contribution < 1.29 is 14.7 Å². The van der Waals surface area contributed by atoms with E-state index < -0.39 is 18.0 Å². The second-order valence-corrected chi connectivity index (χ2v) is 8.87. The summed E-state index contributed by atoms with van der Waals surface area (Å²) < 4.78 is -0.319. The van der Waals surface area contributed by atoms with Crippen LogP contribution in [-0.4, -0.2) is 96.3 Å². The monoisotopic (exact) mass is 431 g/mol. The third kappa shape index (κ3) is 3.50. The van der Waals surface area contributed by atoms with Gasteiger partial charge in [0.1, 0.15) is 29.2 Å². The molecule has 146 valence electrons. The first-order valence-corrected chi connectivity index (χ1v) is 9.26. The van der Waals surface area contributed by atoms with Crippen LogP contribution in [0, 0.1) is 0 Å². The summed E-state index contributed by atoms with van der Waals surface area (Å²) in [5, 5.41) is 25.8. The van der Waals surface area contributed by atoms with Crippen LogP contribution in [0.25, 0.3) is 0 Å². The van der Waals surface area contributed by atoms with E-state index in [1.54, 1.807) is 28.8 Å². The molecule has 2 saturated heterocycles. The number of H-pyrrole nitrogens is 1. The molecule has 2 aliphatic heterocycles. The molecular weight excluding hydrogens is 410 g/mol. The quantitative estimate of drug-likeness (QED) is 0.352. The van der Waals surface area contributed by atoms with E-state index in [2.05, 4.69) is 25.9 Å². The number of thioether (sulfide) groups is 1. The molecule has 10 nitrogen and oxygen atoms in total. The summed E-state index contributed by atoms with van der Waals surface area (Å²) in [5.74, 6) is -0.0183. The Kier molecular flexibility index (Phi) is 5.93. The molecule has 0 aliphatic carbocycles. The van der Waals surface area contributed by atoms with E-state index in [9.17, 15) is 14.7 Å². The average molecular weight is 432 g/mol. The molecule has 1 aromatic carbocycles. The number of β-lactam (4-membered cyclic amide) rings is 1. The fraction of sp³-hybridized carbons (Fsp3) is 0.438. The zero-order valence-electron chi connectivity index (χ0n) is 14.7. The van der Waals surface area contributed by atoms with Gasteiger partial charge in [0, 0.05) is 4.75 Å². The number of amides is 2. The van der Waals surface area contributed by atoms with Gasteiger partial charge in [-0.15, -0.1) is 16.9 Å². The molecule has 2 aromatic rings. The first kappa shape index (κ1) is 21.3. The number of tetrazole rings is 1. The zero-order chi connectivity index (χ0) is 19.3. The van der Waals surface area contributed by atoms with Gasteiger partial charge < -0.3 is 21.1 Å². The number of nitrogens with two attached hydrogens (primary N) is 1. The number of aromatic nitrogens is 4.